The van der Waals surface area contributed by atoms with E-state index < -0.39 is 5.79 Å². The van der Waals surface area contributed by atoms with Crippen LogP contribution in [0.2, 0.25) is 0 Å². The molecule has 2 saturated carbocycles. The Kier molecular flexibility index (Phi) is 5.66. The summed E-state index contributed by atoms with van der Waals surface area (Å²) in [5.41, 5.74) is 13.7. The molecule has 3 atom stereocenters. The van der Waals surface area contributed by atoms with Crippen molar-refractivity contribution in [3.8, 4) is 11.1 Å². The van der Waals surface area contributed by atoms with Gasteiger partial charge in [0.25, 0.3) is 0 Å². The fourth-order valence-corrected chi connectivity index (χ4v) is 9.09. The molecule has 3 fully saturated rings. The lowest BCUT2D eigenvalue weighted by molar-refractivity contribution is -0.128. The molecule has 0 aromatic heterocycles. The van der Waals surface area contributed by atoms with Gasteiger partial charge in [-0.05, 0) is 110 Å². The standard InChI is InChI=1S/C35H40O3/c1-21-19-22(2)32(23(3)20-21)24-5-7-25(8-6-24)33-29-10-9-28-26(13-15-34(4)30(28)11-12-31(34)36)27(29)14-16-35(33)37-17-18-38-35/h5-8,19-20,28,30H,9-18H2,1-4H3/t28-,30+,34+/m1/s1. The lowest BCUT2D eigenvalue weighted by Gasteiger charge is -2.48. The second-order valence-corrected chi connectivity index (χ2v) is 12.8. The van der Waals surface area contributed by atoms with Crippen LogP contribution in [0.25, 0.3) is 16.7 Å². The average Bonchev–Trinajstić information content (AvgIpc) is 3.48. The Hall–Kier alpha value is -2.49. The van der Waals surface area contributed by atoms with Gasteiger partial charge >= 0.3 is 0 Å². The van der Waals surface area contributed by atoms with Gasteiger partial charge in [-0.1, -0.05) is 54.5 Å². The van der Waals surface area contributed by atoms with Gasteiger partial charge in [0.05, 0.1) is 13.2 Å². The molecule has 2 aromatic carbocycles. The fraction of sp³-hybridized carbons (Fsp3) is 0.514. The molecule has 1 spiro atoms. The van der Waals surface area contributed by atoms with Crippen molar-refractivity contribution in [1.29, 1.82) is 0 Å². The molecule has 0 N–H and O–H groups in total. The van der Waals surface area contributed by atoms with E-state index in [1.165, 1.54) is 44.5 Å². The van der Waals surface area contributed by atoms with E-state index in [9.17, 15) is 4.79 Å². The number of rotatable bonds is 2. The molecule has 1 aliphatic heterocycles. The zero-order valence-electron chi connectivity index (χ0n) is 23.4. The average molecular weight is 509 g/mol. The van der Waals surface area contributed by atoms with Crippen molar-refractivity contribution in [3.05, 3.63) is 75.4 Å². The van der Waals surface area contributed by atoms with Crippen LogP contribution in [0.5, 0.6) is 0 Å². The minimum atomic E-state index is -0.615. The Bertz CT molecular complexity index is 1360. The van der Waals surface area contributed by atoms with Crippen molar-refractivity contribution in [1.82, 2.24) is 0 Å². The van der Waals surface area contributed by atoms with E-state index in [2.05, 4.69) is 64.1 Å². The van der Waals surface area contributed by atoms with E-state index in [1.807, 2.05) is 0 Å². The normalized spacial score (nSPS) is 30.1. The summed E-state index contributed by atoms with van der Waals surface area (Å²) in [5, 5.41) is 0. The number of Topliss-reactive ketones (excluding diaryl/α,β-unsaturated/α-hetero) is 1. The Morgan fingerprint density at radius 2 is 1.47 bits per heavy atom. The molecular formula is C35H40O3. The minimum absolute atomic E-state index is 0.0889. The maximum atomic E-state index is 12.8. The number of benzene rings is 2. The Labute approximate surface area is 227 Å². The van der Waals surface area contributed by atoms with Gasteiger partial charge in [-0.3, -0.25) is 4.79 Å². The summed E-state index contributed by atoms with van der Waals surface area (Å²) in [7, 11) is 0. The van der Waals surface area contributed by atoms with E-state index in [0.29, 0.717) is 30.8 Å². The van der Waals surface area contributed by atoms with Crippen LogP contribution in [0.3, 0.4) is 0 Å². The third kappa shape index (κ3) is 3.51. The van der Waals surface area contributed by atoms with Crippen LogP contribution in [-0.2, 0) is 14.3 Å². The van der Waals surface area contributed by atoms with Gasteiger partial charge in [0.15, 0.2) is 5.79 Å². The lowest BCUT2D eigenvalue weighted by atomic mass is 9.57. The predicted molar refractivity (Wildman–Crippen MR) is 152 cm³/mol. The first-order chi connectivity index (χ1) is 18.3. The molecule has 5 aliphatic rings. The first-order valence-corrected chi connectivity index (χ1v) is 14.8. The SMILES string of the molecule is Cc1cc(C)c(-c2ccc(C3=C4CC[C@@H]5C(=C4CCC34OCCO4)CC[C@]3(C)C(=O)CC[C@@H]53)cc2)c(C)c1. The quantitative estimate of drug-likeness (QED) is 0.412. The first-order valence-electron chi connectivity index (χ1n) is 14.8. The Morgan fingerprint density at radius 3 is 2.18 bits per heavy atom. The van der Waals surface area contributed by atoms with Crippen LogP contribution in [0, 0.1) is 38.0 Å². The first kappa shape index (κ1) is 24.5. The molecule has 3 heteroatoms. The Balaban J connectivity index is 1.33. The molecule has 0 unspecified atom stereocenters. The molecule has 7 rings (SSSR count). The van der Waals surface area contributed by atoms with Crippen LogP contribution < -0.4 is 0 Å². The van der Waals surface area contributed by atoms with Crippen molar-refractivity contribution in [2.24, 2.45) is 17.3 Å². The summed E-state index contributed by atoms with van der Waals surface area (Å²) in [6, 6.07) is 13.7. The van der Waals surface area contributed by atoms with Crippen molar-refractivity contribution in [3.63, 3.8) is 0 Å². The highest BCUT2D eigenvalue weighted by molar-refractivity contribution is 5.88. The van der Waals surface area contributed by atoms with Gasteiger partial charge in [-0.25, -0.2) is 0 Å². The number of hydrogen-bond acceptors (Lipinski definition) is 3. The number of aryl methyl sites for hydroxylation is 3. The summed E-state index contributed by atoms with van der Waals surface area (Å²) in [6.07, 6.45) is 8.10. The summed E-state index contributed by atoms with van der Waals surface area (Å²) >= 11 is 0. The van der Waals surface area contributed by atoms with Crippen molar-refractivity contribution < 1.29 is 14.3 Å². The molecule has 198 valence electrons. The molecule has 1 saturated heterocycles. The van der Waals surface area contributed by atoms with Crippen LogP contribution in [0.4, 0.5) is 0 Å². The number of ketones is 1. The molecular weight excluding hydrogens is 468 g/mol. The van der Waals surface area contributed by atoms with Crippen molar-refractivity contribution in [2.45, 2.75) is 84.8 Å². The van der Waals surface area contributed by atoms with Gasteiger partial charge < -0.3 is 9.47 Å². The van der Waals surface area contributed by atoms with Crippen molar-refractivity contribution in [2.75, 3.05) is 13.2 Å². The van der Waals surface area contributed by atoms with Gasteiger partial charge in [0.2, 0.25) is 0 Å². The zero-order valence-corrected chi connectivity index (χ0v) is 23.4. The van der Waals surface area contributed by atoms with Crippen molar-refractivity contribution >= 4 is 11.4 Å². The van der Waals surface area contributed by atoms with E-state index >= 15 is 0 Å². The van der Waals surface area contributed by atoms with E-state index in [1.54, 1.807) is 11.1 Å². The van der Waals surface area contributed by atoms with Crippen LogP contribution in [0.1, 0.15) is 80.5 Å². The summed E-state index contributed by atoms with van der Waals surface area (Å²) < 4.78 is 12.9. The number of carbonyl (C=O) groups is 1. The Morgan fingerprint density at radius 1 is 0.789 bits per heavy atom. The van der Waals surface area contributed by atoms with Gasteiger partial charge in [0, 0.05) is 23.8 Å². The third-order valence-electron chi connectivity index (χ3n) is 10.7. The van der Waals surface area contributed by atoms with Gasteiger partial charge in [-0.2, -0.15) is 0 Å². The smallest absolute Gasteiger partial charge is 0.196 e. The molecule has 2 aromatic rings. The number of fused-ring (bicyclic) bond motifs is 4. The molecule has 0 radical (unpaired) electrons. The molecule has 1 heterocycles. The van der Waals surface area contributed by atoms with E-state index in [4.69, 9.17) is 9.47 Å². The lowest BCUT2D eigenvalue weighted by Crippen LogP contribution is -2.42. The van der Waals surface area contributed by atoms with Gasteiger partial charge in [0.1, 0.15) is 5.78 Å². The number of hydrogen-bond donors (Lipinski definition) is 0. The minimum Gasteiger partial charge on any atom is -0.343 e. The second-order valence-electron chi connectivity index (χ2n) is 12.8. The maximum absolute atomic E-state index is 12.8. The highest BCUT2D eigenvalue weighted by Gasteiger charge is 2.55. The topological polar surface area (TPSA) is 35.5 Å². The summed E-state index contributed by atoms with van der Waals surface area (Å²) in [5.74, 6) is 1.01. The third-order valence-corrected chi connectivity index (χ3v) is 10.7. The molecule has 0 amide bonds. The van der Waals surface area contributed by atoms with Gasteiger partial charge in [-0.15, -0.1) is 0 Å². The zero-order chi connectivity index (χ0) is 26.2. The number of allylic oxidation sites excluding steroid dienone is 3. The summed E-state index contributed by atoms with van der Waals surface area (Å²) in [6.45, 7) is 10.2. The molecule has 38 heavy (non-hydrogen) atoms. The molecule has 4 aliphatic carbocycles. The predicted octanol–water partition coefficient (Wildman–Crippen LogP) is 8.06. The number of ether oxygens (including phenoxy) is 2. The van der Waals surface area contributed by atoms with Crippen LogP contribution in [0.15, 0.2) is 53.1 Å². The van der Waals surface area contributed by atoms with E-state index in [-0.39, 0.29) is 5.41 Å². The summed E-state index contributed by atoms with van der Waals surface area (Å²) in [4.78, 5) is 12.8. The molecule has 0 bridgehead atoms. The fourth-order valence-electron chi connectivity index (χ4n) is 9.09. The highest BCUT2D eigenvalue weighted by Crippen LogP contribution is 2.61. The van der Waals surface area contributed by atoms with Crippen LogP contribution >= 0.6 is 0 Å². The number of carbonyl (C=O) groups excluding carboxylic acids is 1. The second kappa shape index (κ2) is 8.76. The monoisotopic (exact) mass is 508 g/mol. The van der Waals surface area contributed by atoms with Crippen LogP contribution in [-0.4, -0.2) is 24.8 Å². The van der Waals surface area contributed by atoms with E-state index in [0.717, 1.165) is 51.4 Å². The largest absolute Gasteiger partial charge is 0.343 e. The maximum Gasteiger partial charge on any atom is 0.196 e. The molecule has 3 nitrogen and oxygen atoms in total. The highest BCUT2D eigenvalue weighted by atomic mass is 16.7.